The molecule has 1 aliphatic heterocycles. The number of para-hydroxylation sites is 1. The maximum atomic E-state index is 13.8. The van der Waals surface area contributed by atoms with E-state index >= 15 is 0 Å². The highest BCUT2D eigenvalue weighted by atomic mass is 35.5. The van der Waals surface area contributed by atoms with Crippen LogP contribution in [-0.2, 0) is 0 Å². The van der Waals surface area contributed by atoms with Crippen LogP contribution in [-0.4, -0.2) is 46.3 Å². The first-order valence-electron chi connectivity index (χ1n) is 7.09. The lowest BCUT2D eigenvalue weighted by Gasteiger charge is -2.33. The Bertz CT molecular complexity index is 686. The van der Waals surface area contributed by atoms with E-state index in [0.717, 1.165) is 23.4 Å². The topological polar surface area (TPSA) is 50.2 Å². The first kappa shape index (κ1) is 17.4. The minimum atomic E-state index is -0.724. The maximum Gasteiger partial charge on any atom is 0.274 e. The minimum absolute atomic E-state index is 0. The molecule has 2 heterocycles. The van der Waals surface area contributed by atoms with E-state index < -0.39 is 11.6 Å². The molecule has 0 aliphatic carbocycles. The molecule has 0 radical (unpaired) electrons. The highest BCUT2D eigenvalue weighted by molar-refractivity contribution is 5.92. The van der Waals surface area contributed by atoms with Gasteiger partial charge in [0.15, 0.2) is 17.3 Å². The molecule has 1 saturated heterocycles. The zero-order valence-electron chi connectivity index (χ0n) is 12.5. The molecule has 3 rings (SSSR count). The second-order valence-electron chi connectivity index (χ2n) is 5.27. The largest absolute Gasteiger partial charge is 0.332 e. The first-order valence-corrected chi connectivity index (χ1v) is 7.09. The van der Waals surface area contributed by atoms with Gasteiger partial charge < -0.3 is 10.2 Å². The molecule has 0 spiro atoms. The molecular formula is C15H17ClF2N4O. The SMILES string of the molecule is C[C@H]1CNCCN1C(=O)c1ccn(-c2c(F)cccc2F)n1.Cl. The van der Waals surface area contributed by atoms with Crippen molar-refractivity contribution in [3.63, 3.8) is 0 Å². The molecule has 1 atom stereocenters. The van der Waals surface area contributed by atoms with Crippen molar-refractivity contribution in [2.75, 3.05) is 19.6 Å². The van der Waals surface area contributed by atoms with Crippen molar-refractivity contribution in [1.29, 1.82) is 0 Å². The average molecular weight is 343 g/mol. The van der Waals surface area contributed by atoms with Crippen LogP contribution in [0, 0.1) is 11.6 Å². The van der Waals surface area contributed by atoms with Crippen LogP contribution >= 0.6 is 12.4 Å². The van der Waals surface area contributed by atoms with E-state index in [2.05, 4.69) is 10.4 Å². The van der Waals surface area contributed by atoms with E-state index in [-0.39, 0.29) is 35.7 Å². The van der Waals surface area contributed by atoms with Crippen LogP contribution in [0.5, 0.6) is 0 Å². The number of aromatic nitrogens is 2. The van der Waals surface area contributed by atoms with E-state index in [9.17, 15) is 13.6 Å². The molecule has 1 aromatic carbocycles. The van der Waals surface area contributed by atoms with Gasteiger partial charge in [-0.1, -0.05) is 6.07 Å². The predicted molar refractivity (Wildman–Crippen MR) is 84.1 cm³/mol. The standard InChI is InChI=1S/C15H16F2N4O.ClH/c1-10-9-18-6-8-20(10)15(22)13-5-7-21(19-13)14-11(16)3-2-4-12(14)17;/h2-5,7,10,18H,6,8-9H2,1H3;1H/t10-;/m0./s1. The van der Waals surface area contributed by atoms with Gasteiger partial charge in [-0.2, -0.15) is 5.10 Å². The Morgan fingerprint density at radius 3 is 2.65 bits per heavy atom. The van der Waals surface area contributed by atoms with Crippen LogP contribution in [0.2, 0.25) is 0 Å². The van der Waals surface area contributed by atoms with Gasteiger partial charge in [-0.05, 0) is 25.1 Å². The molecule has 1 fully saturated rings. The number of benzene rings is 1. The molecule has 0 unspecified atom stereocenters. The summed E-state index contributed by atoms with van der Waals surface area (Å²) >= 11 is 0. The molecular weight excluding hydrogens is 326 g/mol. The third-order valence-corrected chi connectivity index (χ3v) is 3.74. The van der Waals surface area contributed by atoms with E-state index in [4.69, 9.17) is 0 Å². The fourth-order valence-electron chi connectivity index (χ4n) is 2.56. The number of carbonyl (C=O) groups is 1. The summed E-state index contributed by atoms with van der Waals surface area (Å²) < 4.78 is 28.6. The lowest BCUT2D eigenvalue weighted by molar-refractivity contribution is 0.0649. The maximum absolute atomic E-state index is 13.8. The van der Waals surface area contributed by atoms with Crippen LogP contribution in [0.1, 0.15) is 17.4 Å². The van der Waals surface area contributed by atoms with Crippen molar-refractivity contribution in [2.24, 2.45) is 0 Å². The Morgan fingerprint density at radius 2 is 2.00 bits per heavy atom. The average Bonchev–Trinajstić information content (AvgIpc) is 2.96. The number of nitrogens with one attached hydrogen (secondary N) is 1. The number of amides is 1. The van der Waals surface area contributed by atoms with Gasteiger partial charge in [0.2, 0.25) is 0 Å². The quantitative estimate of drug-likeness (QED) is 0.908. The van der Waals surface area contributed by atoms with Crippen LogP contribution < -0.4 is 5.32 Å². The van der Waals surface area contributed by atoms with Gasteiger partial charge in [-0.3, -0.25) is 4.79 Å². The molecule has 1 N–H and O–H groups in total. The van der Waals surface area contributed by atoms with Crippen molar-refractivity contribution in [2.45, 2.75) is 13.0 Å². The molecule has 2 aromatic rings. The summed E-state index contributed by atoms with van der Waals surface area (Å²) in [4.78, 5) is 14.2. The fourth-order valence-corrected chi connectivity index (χ4v) is 2.56. The summed E-state index contributed by atoms with van der Waals surface area (Å²) in [5, 5.41) is 7.23. The molecule has 8 heteroatoms. The van der Waals surface area contributed by atoms with E-state index in [1.165, 1.54) is 18.3 Å². The summed E-state index contributed by atoms with van der Waals surface area (Å²) in [5.41, 5.74) is -0.105. The summed E-state index contributed by atoms with van der Waals surface area (Å²) in [6.45, 7) is 3.96. The number of halogens is 3. The summed E-state index contributed by atoms with van der Waals surface area (Å²) in [7, 11) is 0. The molecule has 0 saturated carbocycles. The third kappa shape index (κ3) is 3.35. The molecule has 1 amide bonds. The van der Waals surface area contributed by atoms with Gasteiger partial charge in [-0.15, -0.1) is 12.4 Å². The molecule has 0 bridgehead atoms. The summed E-state index contributed by atoms with van der Waals surface area (Å²) in [6.07, 6.45) is 1.39. The summed E-state index contributed by atoms with van der Waals surface area (Å²) in [6, 6.07) is 5.12. The van der Waals surface area contributed by atoms with Gasteiger partial charge >= 0.3 is 0 Å². The first-order chi connectivity index (χ1) is 10.6. The van der Waals surface area contributed by atoms with Crippen LogP contribution in [0.15, 0.2) is 30.5 Å². The van der Waals surface area contributed by atoms with Crippen molar-refractivity contribution >= 4 is 18.3 Å². The third-order valence-electron chi connectivity index (χ3n) is 3.74. The fraction of sp³-hybridized carbons (Fsp3) is 0.333. The van der Waals surface area contributed by atoms with Crippen molar-refractivity contribution in [3.8, 4) is 5.69 Å². The molecule has 5 nitrogen and oxygen atoms in total. The van der Waals surface area contributed by atoms with Gasteiger partial charge in [0.1, 0.15) is 5.69 Å². The normalized spacial score (nSPS) is 17.7. The highest BCUT2D eigenvalue weighted by Gasteiger charge is 2.26. The van der Waals surface area contributed by atoms with Crippen molar-refractivity contribution < 1.29 is 13.6 Å². The van der Waals surface area contributed by atoms with Crippen LogP contribution in [0.3, 0.4) is 0 Å². The zero-order chi connectivity index (χ0) is 15.7. The van der Waals surface area contributed by atoms with Crippen LogP contribution in [0.4, 0.5) is 8.78 Å². The smallest absolute Gasteiger partial charge is 0.274 e. The van der Waals surface area contributed by atoms with Gasteiger partial charge in [0, 0.05) is 31.9 Å². The molecule has 124 valence electrons. The van der Waals surface area contributed by atoms with Crippen LogP contribution in [0.25, 0.3) is 5.69 Å². The Kier molecular flexibility index (Phi) is 5.33. The Hall–Kier alpha value is -1.99. The Labute approximate surface area is 138 Å². The minimum Gasteiger partial charge on any atom is -0.332 e. The summed E-state index contributed by atoms with van der Waals surface area (Å²) in [5.74, 6) is -1.68. The van der Waals surface area contributed by atoms with Gasteiger partial charge in [0.25, 0.3) is 5.91 Å². The van der Waals surface area contributed by atoms with Crippen molar-refractivity contribution in [1.82, 2.24) is 20.0 Å². The number of hydrogen-bond donors (Lipinski definition) is 1. The monoisotopic (exact) mass is 342 g/mol. The number of nitrogens with zero attached hydrogens (tertiary/aromatic N) is 3. The zero-order valence-corrected chi connectivity index (χ0v) is 13.3. The molecule has 1 aliphatic rings. The second kappa shape index (κ2) is 7.06. The number of hydrogen-bond acceptors (Lipinski definition) is 3. The lowest BCUT2D eigenvalue weighted by Crippen LogP contribution is -2.52. The molecule has 1 aromatic heterocycles. The van der Waals surface area contributed by atoms with Crippen molar-refractivity contribution in [3.05, 3.63) is 47.8 Å². The lowest BCUT2D eigenvalue weighted by atomic mass is 10.2. The Morgan fingerprint density at radius 1 is 1.30 bits per heavy atom. The van der Waals surface area contributed by atoms with E-state index in [1.54, 1.807) is 4.90 Å². The highest BCUT2D eigenvalue weighted by Crippen LogP contribution is 2.17. The van der Waals surface area contributed by atoms with E-state index in [1.807, 2.05) is 6.92 Å². The molecule has 23 heavy (non-hydrogen) atoms. The number of carbonyl (C=O) groups excluding carboxylic acids is 1. The Balaban J connectivity index is 0.00000192. The van der Waals surface area contributed by atoms with E-state index in [0.29, 0.717) is 13.1 Å². The van der Waals surface area contributed by atoms with Gasteiger partial charge in [0.05, 0.1) is 0 Å². The number of rotatable bonds is 2. The second-order valence-corrected chi connectivity index (χ2v) is 5.27. The predicted octanol–water partition coefficient (Wildman–Crippen LogP) is 2.01. The van der Waals surface area contributed by atoms with Gasteiger partial charge in [-0.25, -0.2) is 13.5 Å². The number of piperazine rings is 1.